The topological polar surface area (TPSA) is 58.7 Å². The number of rotatable bonds is 1. The van der Waals surface area contributed by atoms with Crippen LogP contribution in [0.5, 0.6) is 0 Å². The average Bonchev–Trinajstić information content (AvgIpc) is 2.87. The Morgan fingerprint density at radius 3 is 2.87 bits per heavy atom. The summed E-state index contributed by atoms with van der Waals surface area (Å²) in [5, 5.41) is 0.383. The maximum absolute atomic E-state index is 11.8. The fourth-order valence-electron chi connectivity index (χ4n) is 2.75. The van der Waals surface area contributed by atoms with Gasteiger partial charge < -0.3 is 10.6 Å². The molecule has 82 valence electrons. The molecule has 1 saturated heterocycles. The van der Waals surface area contributed by atoms with Crippen molar-refractivity contribution in [1.29, 1.82) is 0 Å². The minimum Gasteiger partial charge on any atom is -0.385 e. The molecule has 1 spiro atoms. The highest BCUT2D eigenvalue weighted by Gasteiger charge is 2.58. The highest BCUT2D eigenvalue weighted by atomic mass is 32.2. The van der Waals surface area contributed by atoms with Gasteiger partial charge >= 0.3 is 6.03 Å². The molecule has 2 atom stereocenters. The Morgan fingerprint density at radius 2 is 2.33 bits per heavy atom. The molecule has 2 aliphatic heterocycles. The maximum atomic E-state index is 11.8. The zero-order valence-electron chi connectivity index (χ0n) is 8.77. The van der Waals surface area contributed by atoms with Crippen molar-refractivity contribution in [2.45, 2.75) is 43.0 Å². The molecule has 0 aromatic heterocycles. The van der Waals surface area contributed by atoms with Gasteiger partial charge in [0.25, 0.3) is 0 Å². The van der Waals surface area contributed by atoms with E-state index >= 15 is 0 Å². The second kappa shape index (κ2) is 2.90. The number of aliphatic imine (C=N–C) groups is 1. The first kappa shape index (κ1) is 9.51. The zero-order valence-corrected chi connectivity index (χ0v) is 9.59. The molecule has 0 aromatic carbocycles. The quantitative estimate of drug-likeness (QED) is 0.729. The largest absolute Gasteiger partial charge is 0.385 e. The van der Waals surface area contributed by atoms with Crippen LogP contribution in [0.2, 0.25) is 0 Å². The fourth-order valence-corrected chi connectivity index (χ4v) is 4.16. The number of amidine groups is 1. The van der Waals surface area contributed by atoms with Crippen molar-refractivity contribution >= 4 is 23.6 Å². The van der Waals surface area contributed by atoms with Gasteiger partial charge in [0.2, 0.25) is 0 Å². The second-order valence-corrected chi connectivity index (χ2v) is 6.02. The first-order valence-corrected chi connectivity index (χ1v) is 6.50. The van der Waals surface area contributed by atoms with E-state index in [0.29, 0.717) is 17.1 Å². The Hall–Kier alpha value is -0.710. The summed E-state index contributed by atoms with van der Waals surface area (Å²) in [5.41, 5.74) is 5.74. The molecule has 3 rings (SSSR count). The van der Waals surface area contributed by atoms with Crippen LogP contribution in [-0.4, -0.2) is 39.4 Å². The van der Waals surface area contributed by atoms with Crippen LogP contribution < -0.4 is 5.73 Å². The summed E-state index contributed by atoms with van der Waals surface area (Å²) < 4.78 is 0. The van der Waals surface area contributed by atoms with Crippen molar-refractivity contribution < 1.29 is 4.79 Å². The van der Waals surface area contributed by atoms with E-state index in [9.17, 15) is 4.79 Å². The number of carbonyl (C=O) groups is 1. The lowest BCUT2D eigenvalue weighted by Gasteiger charge is -2.37. The number of amides is 2. The van der Waals surface area contributed by atoms with Crippen molar-refractivity contribution in [2.75, 3.05) is 5.75 Å². The van der Waals surface area contributed by atoms with Crippen LogP contribution >= 0.6 is 11.8 Å². The normalized spacial score (nSPS) is 40.3. The molecule has 0 aromatic rings. The Morgan fingerprint density at radius 1 is 1.60 bits per heavy atom. The average molecular weight is 225 g/mol. The molecule has 0 bridgehead atoms. The minimum absolute atomic E-state index is 0.107. The first-order valence-electron chi connectivity index (χ1n) is 5.46. The molecular formula is C10H15N3OS. The van der Waals surface area contributed by atoms with Gasteiger partial charge in [0, 0.05) is 11.3 Å². The molecule has 2 heterocycles. The Kier molecular flexibility index (Phi) is 1.84. The third kappa shape index (κ3) is 1.10. The van der Waals surface area contributed by atoms with Crippen molar-refractivity contribution in [3.8, 4) is 0 Å². The van der Waals surface area contributed by atoms with E-state index in [1.165, 1.54) is 0 Å². The summed E-state index contributed by atoms with van der Waals surface area (Å²) in [6.07, 6.45) is 3.21. The third-order valence-corrected chi connectivity index (χ3v) is 5.06. The minimum atomic E-state index is -0.247. The van der Waals surface area contributed by atoms with Gasteiger partial charge in [-0.05, 0) is 25.0 Å². The number of nitrogens with two attached hydrogens (primary N) is 1. The Balaban J connectivity index is 2.03. The maximum Gasteiger partial charge on any atom is 0.346 e. The van der Waals surface area contributed by atoms with E-state index in [1.807, 2.05) is 16.7 Å². The molecule has 5 heteroatoms. The lowest BCUT2D eigenvalue weighted by molar-refractivity contribution is 0.166. The standard InChI is InChI=1S/C10H15N3OS/c1-6-10(4-5-15-6)8(11)12-9(14)13(10)7-2-3-7/h6-7H,2-5H2,1H3,(H2,11,12,14). The van der Waals surface area contributed by atoms with Gasteiger partial charge in [-0.2, -0.15) is 16.8 Å². The number of hydrogen-bond donors (Lipinski definition) is 1. The molecule has 1 saturated carbocycles. The van der Waals surface area contributed by atoms with Gasteiger partial charge in [-0.25, -0.2) is 4.79 Å². The molecule has 2 amide bonds. The lowest BCUT2D eigenvalue weighted by atomic mass is 9.90. The van der Waals surface area contributed by atoms with Crippen LogP contribution in [0.25, 0.3) is 0 Å². The second-order valence-electron chi connectivity index (χ2n) is 4.57. The summed E-state index contributed by atoms with van der Waals surface area (Å²) in [5.74, 6) is 1.63. The summed E-state index contributed by atoms with van der Waals surface area (Å²) in [4.78, 5) is 17.8. The van der Waals surface area contributed by atoms with E-state index in [0.717, 1.165) is 25.0 Å². The summed E-state index contributed by atoms with van der Waals surface area (Å²) in [6.45, 7) is 2.16. The molecule has 0 radical (unpaired) electrons. The fraction of sp³-hybridized carbons (Fsp3) is 0.800. The van der Waals surface area contributed by atoms with Crippen LogP contribution in [0.3, 0.4) is 0 Å². The number of hydrogen-bond acceptors (Lipinski definition) is 3. The summed E-state index contributed by atoms with van der Waals surface area (Å²) >= 11 is 1.89. The van der Waals surface area contributed by atoms with Crippen LogP contribution in [0.15, 0.2) is 4.99 Å². The molecule has 1 aliphatic carbocycles. The van der Waals surface area contributed by atoms with E-state index in [-0.39, 0.29) is 11.6 Å². The summed E-state index contributed by atoms with van der Waals surface area (Å²) in [6, 6.07) is 0.299. The van der Waals surface area contributed by atoms with E-state index in [2.05, 4.69) is 11.9 Å². The molecule has 2 fully saturated rings. The van der Waals surface area contributed by atoms with Gasteiger partial charge in [0.05, 0.1) is 0 Å². The highest BCUT2D eigenvalue weighted by molar-refractivity contribution is 8.00. The molecule has 4 nitrogen and oxygen atoms in total. The number of thioether (sulfide) groups is 1. The molecular weight excluding hydrogens is 210 g/mol. The smallest absolute Gasteiger partial charge is 0.346 e. The van der Waals surface area contributed by atoms with E-state index in [4.69, 9.17) is 5.73 Å². The van der Waals surface area contributed by atoms with Crippen LogP contribution in [0, 0.1) is 0 Å². The van der Waals surface area contributed by atoms with Crippen LogP contribution in [-0.2, 0) is 0 Å². The molecule has 2 N–H and O–H groups in total. The highest BCUT2D eigenvalue weighted by Crippen LogP contribution is 2.47. The molecule has 3 aliphatic rings. The van der Waals surface area contributed by atoms with Crippen molar-refractivity contribution in [3.05, 3.63) is 0 Å². The molecule has 15 heavy (non-hydrogen) atoms. The number of nitrogens with zero attached hydrogens (tertiary/aromatic N) is 2. The predicted molar refractivity (Wildman–Crippen MR) is 61.1 cm³/mol. The lowest BCUT2D eigenvalue weighted by Crippen LogP contribution is -2.58. The van der Waals surface area contributed by atoms with E-state index < -0.39 is 0 Å². The third-order valence-electron chi connectivity index (χ3n) is 3.73. The SMILES string of the molecule is CC1SCCC12C(N)=NC(=O)N2C1CC1. The van der Waals surface area contributed by atoms with Gasteiger partial charge in [0.15, 0.2) is 0 Å². The van der Waals surface area contributed by atoms with Gasteiger partial charge in [-0.1, -0.05) is 6.92 Å². The molecule has 2 unspecified atom stereocenters. The summed E-state index contributed by atoms with van der Waals surface area (Å²) in [7, 11) is 0. The first-order chi connectivity index (χ1) is 7.16. The van der Waals surface area contributed by atoms with Crippen molar-refractivity contribution in [3.63, 3.8) is 0 Å². The van der Waals surface area contributed by atoms with Crippen molar-refractivity contribution in [1.82, 2.24) is 4.90 Å². The number of urea groups is 1. The van der Waals surface area contributed by atoms with E-state index in [1.54, 1.807) is 0 Å². The monoisotopic (exact) mass is 225 g/mol. The number of carbonyl (C=O) groups excluding carboxylic acids is 1. The van der Waals surface area contributed by atoms with Crippen molar-refractivity contribution in [2.24, 2.45) is 10.7 Å². The Labute approximate surface area is 93.3 Å². The van der Waals surface area contributed by atoms with Gasteiger partial charge in [-0.3, -0.25) is 0 Å². The zero-order chi connectivity index (χ0) is 10.6. The van der Waals surface area contributed by atoms with Crippen LogP contribution in [0.1, 0.15) is 26.2 Å². The van der Waals surface area contributed by atoms with Crippen LogP contribution in [0.4, 0.5) is 4.79 Å². The predicted octanol–water partition coefficient (Wildman–Crippen LogP) is 1.21. The Bertz CT molecular complexity index is 353. The van der Waals surface area contributed by atoms with Gasteiger partial charge in [-0.15, -0.1) is 0 Å². The van der Waals surface area contributed by atoms with Gasteiger partial charge in [0.1, 0.15) is 11.4 Å².